The number of aromatic nitrogens is 3. The molecule has 3 heterocycles. The molecule has 0 aliphatic carbocycles. The topological polar surface area (TPSA) is 79.9 Å². The van der Waals surface area contributed by atoms with E-state index in [1.807, 2.05) is 42.5 Å². The summed E-state index contributed by atoms with van der Waals surface area (Å²) >= 11 is 0. The molecule has 0 radical (unpaired) electrons. The molecule has 0 spiro atoms. The molecule has 2 aromatic heterocycles. The fourth-order valence-corrected chi connectivity index (χ4v) is 4.36. The molecule has 0 atom stereocenters. The molecular weight excluding hydrogens is 424 g/mol. The van der Waals surface area contributed by atoms with E-state index in [1.165, 1.54) is 5.56 Å². The van der Waals surface area contributed by atoms with E-state index in [0.29, 0.717) is 12.3 Å². The number of H-pyrrole nitrogens is 1. The van der Waals surface area contributed by atoms with Crippen LogP contribution in [-0.4, -0.2) is 27.7 Å². The Morgan fingerprint density at radius 2 is 1.68 bits per heavy atom. The van der Waals surface area contributed by atoms with Gasteiger partial charge in [-0.3, -0.25) is 14.9 Å². The molecule has 6 nitrogen and oxygen atoms in total. The summed E-state index contributed by atoms with van der Waals surface area (Å²) in [5, 5.41) is 11.0. The number of nitrogens with zero attached hydrogens (tertiary/aromatic N) is 2. The van der Waals surface area contributed by atoms with Crippen LogP contribution in [0.25, 0.3) is 33.2 Å². The molecule has 0 unspecified atom stereocenters. The number of pyridine rings is 1. The summed E-state index contributed by atoms with van der Waals surface area (Å²) in [7, 11) is 0. The first-order valence-electron chi connectivity index (χ1n) is 11.3. The molecular formula is C28H22N4O2. The number of rotatable bonds is 0. The molecule has 5 aromatic rings. The van der Waals surface area contributed by atoms with Crippen molar-refractivity contribution in [3.8, 4) is 28.0 Å². The fraction of sp³-hybridized carbons (Fsp3) is 0.107. The number of hydrogen-bond donors (Lipinski definition) is 2. The van der Waals surface area contributed by atoms with Crippen molar-refractivity contribution in [1.29, 1.82) is 0 Å². The van der Waals surface area contributed by atoms with Crippen molar-refractivity contribution in [3.05, 3.63) is 96.4 Å². The summed E-state index contributed by atoms with van der Waals surface area (Å²) < 4.78 is 6.00. The maximum Gasteiger partial charge on any atom is 0.276 e. The van der Waals surface area contributed by atoms with Gasteiger partial charge in [-0.1, -0.05) is 42.5 Å². The summed E-state index contributed by atoms with van der Waals surface area (Å²) in [4.78, 5) is 17.5. The van der Waals surface area contributed by atoms with E-state index >= 15 is 0 Å². The third-order valence-corrected chi connectivity index (χ3v) is 6.08. The lowest BCUT2D eigenvalue weighted by Gasteiger charge is -2.09. The monoisotopic (exact) mass is 446 g/mol. The van der Waals surface area contributed by atoms with Crippen LogP contribution in [0.15, 0.2) is 85.2 Å². The lowest BCUT2D eigenvalue weighted by Crippen LogP contribution is -2.12. The van der Waals surface area contributed by atoms with Crippen molar-refractivity contribution >= 4 is 22.5 Å². The number of aromatic amines is 1. The quantitative estimate of drug-likeness (QED) is 0.312. The van der Waals surface area contributed by atoms with Crippen LogP contribution in [0.2, 0.25) is 0 Å². The summed E-state index contributed by atoms with van der Waals surface area (Å²) in [5.74, 6) is 0.466. The van der Waals surface area contributed by atoms with E-state index < -0.39 is 0 Å². The standard InChI is InChI=1S/C28H22N4O2/c33-28-27-25-15-21(9-10-26(25)31-32-27)22-14-24(17-29-16-22)34-11-3-5-18-4-1-6-19(12-18)20-7-2-8-23(13-20)30-28/h1-2,4,6-10,12-17H,3,5,11H2,(H,30,33)(H,31,32). The van der Waals surface area contributed by atoms with Crippen LogP contribution in [0.3, 0.4) is 0 Å². The molecule has 1 aliphatic rings. The number of anilines is 1. The van der Waals surface area contributed by atoms with Gasteiger partial charge in [-0.25, -0.2) is 0 Å². The van der Waals surface area contributed by atoms with E-state index in [0.717, 1.165) is 57.4 Å². The lowest BCUT2D eigenvalue weighted by molar-refractivity contribution is 0.102. The normalized spacial score (nSPS) is 13.5. The molecule has 166 valence electrons. The third-order valence-electron chi connectivity index (χ3n) is 6.08. The van der Waals surface area contributed by atoms with Crippen molar-refractivity contribution in [2.45, 2.75) is 12.8 Å². The Balaban J connectivity index is 1.45. The van der Waals surface area contributed by atoms with Gasteiger partial charge in [0.15, 0.2) is 5.69 Å². The second-order valence-electron chi connectivity index (χ2n) is 8.43. The minimum Gasteiger partial charge on any atom is -0.492 e. The van der Waals surface area contributed by atoms with Crippen LogP contribution in [-0.2, 0) is 6.42 Å². The Morgan fingerprint density at radius 3 is 2.62 bits per heavy atom. The molecule has 0 saturated carbocycles. The molecule has 1 amide bonds. The molecule has 6 rings (SSSR count). The van der Waals surface area contributed by atoms with Gasteiger partial charge in [0.05, 0.1) is 18.3 Å². The van der Waals surface area contributed by atoms with Crippen LogP contribution in [0, 0.1) is 0 Å². The van der Waals surface area contributed by atoms with Gasteiger partial charge in [0.2, 0.25) is 0 Å². The average molecular weight is 447 g/mol. The average Bonchev–Trinajstić information content (AvgIpc) is 3.30. The molecule has 6 heteroatoms. The first kappa shape index (κ1) is 20.2. The number of benzene rings is 3. The van der Waals surface area contributed by atoms with Gasteiger partial charge in [-0.15, -0.1) is 0 Å². The van der Waals surface area contributed by atoms with Crippen LogP contribution >= 0.6 is 0 Å². The highest BCUT2D eigenvalue weighted by atomic mass is 16.5. The van der Waals surface area contributed by atoms with E-state index in [2.05, 4.69) is 50.8 Å². The lowest BCUT2D eigenvalue weighted by atomic mass is 10.0. The number of carbonyl (C=O) groups excluding carboxylic acids is 1. The second kappa shape index (κ2) is 8.48. The highest BCUT2D eigenvalue weighted by Crippen LogP contribution is 2.29. The Hall–Kier alpha value is -4.45. The number of amides is 1. The minimum atomic E-state index is -0.262. The highest BCUT2D eigenvalue weighted by molar-refractivity contribution is 6.11. The van der Waals surface area contributed by atoms with Crippen molar-refractivity contribution in [2.75, 3.05) is 11.9 Å². The third kappa shape index (κ3) is 3.90. The van der Waals surface area contributed by atoms with Crippen LogP contribution in [0.4, 0.5) is 5.69 Å². The molecule has 1 aliphatic heterocycles. The highest BCUT2D eigenvalue weighted by Gasteiger charge is 2.16. The Morgan fingerprint density at radius 1 is 0.824 bits per heavy atom. The number of ether oxygens (including phenoxy) is 1. The van der Waals surface area contributed by atoms with Crippen molar-refractivity contribution in [2.24, 2.45) is 0 Å². The van der Waals surface area contributed by atoms with E-state index in [1.54, 1.807) is 12.4 Å². The smallest absolute Gasteiger partial charge is 0.276 e. The molecule has 34 heavy (non-hydrogen) atoms. The molecule has 2 N–H and O–H groups in total. The fourth-order valence-electron chi connectivity index (χ4n) is 4.36. The predicted molar refractivity (Wildman–Crippen MR) is 133 cm³/mol. The summed E-state index contributed by atoms with van der Waals surface area (Å²) in [5.41, 5.74) is 7.14. The van der Waals surface area contributed by atoms with E-state index in [4.69, 9.17) is 4.74 Å². The SMILES string of the molecule is O=C1Nc2cccc(c2)-c2cccc(c2)CCCOc2cncc(c2)-c2ccc3[nH]nc1c3c2. The minimum absolute atomic E-state index is 0.262. The van der Waals surface area contributed by atoms with Gasteiger partial charge < -0.3 is 10.1 Å². The zero-order valence-corrected chi connectivity index (χ0v) is 18.4. The second-order valence-corrected chi connectivity index (χ2v) is 8.43. The maximum atomic E-state index is 13.2. The van der Waals surface area contributed by atoms with Crippen LogP contribution in [0.5, 0.6) is 5.75 Å². The summed E-state index contributed by atoms with van der Waals surface area (Å²) in [6, 6.07) is 24.2. The molecule has 0 saturated heterocycles. The van der Waals surface area contributed by atoms with Crippen LogP contribution in [0.1, 0.15) is 22.5 Å². The number of hydrogen-bond acceptors (Lipinski definition) is 4. The van der Waals surface area contributed by atoms with E-state index in [9.17, 15) is 4.79 Å². The largest absolute Gasteiger partial charge is 0.492 e. The van der Waals surface area contributed by atoms with Gasteiger partial charge in [-0.2, -0.15) is 5.10 Å². The van der Waals surface area contributed by atoms with Crippen molar-refractivity contribution < 1.29 is 9.53 Å². The van der Waals surface area contributed by atoms with Crippen molar-refractivity contribution in [3.63, 3.8) is 0 Å². The van der Waals surface area contributed by atoms with Gasteiger partial charge >= 0.3 is 0 Å². The number of aryl methyl sites for hydroxylation is 1. The molecule has 0 fully saturated rings. The zero-order chi connectivity index (χ0) is 22.9. The summed E-state index contributed by atoms with van der Waals surface area (Å²) in [6.45, 7) is 0.605. The van der Waals surface area contributed by atoms with Crippen molar-refractivity contribution in [1.82, 2.24) is 15.2 Å². The summed E-state index contributed by atoms with van der Waals surface area (Å²) in [6.07, 6.45) is 5.34. The number of carbonyl (C=O) groups is 1. The zero-order valence-electron chi connectivity index (χ0n) is 18.4. The molecule has 3 aromatic carbocycles. The Bertz CT molecular complexity index is 1520. The van der Waals surface area contributed by atoms with Gasteiger partial charge in [0.1, 0.15) is 5.75 Å². The molecule has 8 bridgehead atoms. The first-order chi connectivity index (χ1) is 16.7. The van der Waals surface area contributed by atoms with E-state index in [-0.39, 0.29) is 5.91 Å². The van der Waals surface area contributed by atoms with Gasteiger partial charge in [0.25, 0.3) is 5.91 Å². The predicted octanol–water partition coefficient (Wildman–Crippen LogP) is 5.87. The van der Waals surface area contributed by atoms with Gasteiger partial charge in [-0.05, 0) is 65.4 Å². The van der Waals surface area contributed by atoms with Gasteiger partial charge in [0, 0.05) is 22.8 Å². The number of fused-ring (bicyclic) bond motifs is 9. The van der Waals surface area contributed by atoms with Crippen LogP contribution < -0.4 is 10.1 Å². The maximum absolute atomic E-state index is 13.2. The number of nitrogens with one attached hydrogen (secondary N) is 2. The Kier molecular flexibility index (Phi) is 5.03. The first-order valence-corrected chi connectivity index (χ1v) is 11.3. The Labute approximate surface area is 196 Å².